The Kier molecular flexibility index (Phi) is 4.57. The summed E-state index contributed by atoms with van der Waals surface area (Å²) >= 11 is 0. The second kappa shape index (κ2) is 6.67. The summed E-state index contributed by atoms with van der Waals surface area (Å²) in [6.45, 7) is 2.33. The highest BCUT2D eigenvalue weighted by molar-refractivity contribution is 5.94. The van der Waals surface area contributed by atoms with E-state index in [2.05, 4.69) is 0 Å². The molecule has 3 rings (SSSR count). The fraction of sp³-hybridized carbons (Fsp3) is 0.300. The van der Waals surface area contributed by atoms with Crippen LogP contribution in [0.5, 0.6) is 0 Å². The first-order valence-electron chi connectivity index (χ1n) is 8.28. The van der Waals surface area contributed by atoms with E-state index in [9.17, 15) is 19.1 Å². The second-order valence-corrected chi connectivity index (χ2v) is 6.51. The topological polar surface area (TPSA) is 57.6 Å². The summed E-state index contributed by atoms with van der Waals surface area (Å²) in [5.74, 6) is -1.39. The number of rotatable bonds is 3. The number of halogens is 1. The molecule has 0 atom stereocenters. The summed E-state index contributed by atoms with van der Waals surface area (Å²) in [7, 11) is 0. The molecule has 1 amide bonds. The average molecular weight is 341 g/mol. The molecule has 130 valence electrons. The summed E-state index contributed by atoms with van der Waals surface area (Å²) in [5.41, 5.74) is 0.664. The summed E-state index contributed by atoms with van der Waals surface area (Å²) in [6.07, 6.45) is 0.719. The maximum atomic E-state index is 13.4. The Morgan fingerprint density at radius 2 is 1.72 bits per heavy atom. The van der Waals surface area contributed by atoms with E-state index in [1.165, 1.54) is 18.2 Å². The lowest BCUT2D eigenvalue weighted by atomic mass is 9.72. The molecule has 1 aliphatic rings. The lowest BCUT2D eigenvalue weighted by molar-refractivity contribution is -0.145. The Hall–Kier alpha value is -2.69. The number of piperidine rings is 1. The Morgan fingerprint density at radius 3 is 2.28 bits per heavy atom. The summed E-state index contributed by atoms with van der Waals surface area (Å²) in [4.78, 5) is 26.2. The van der Waals surface area contributed by atoms with Crippen molar-refractivity contribution in [3.8, 4) is 0 Å². The van der Waals surface area contributed by atoms with Crippen molar-refractivity contribution < 1.29 is 19.1 Å². The zero-order valence-electron chi connectivity index (χ0n) is 14.0. The molecular weight excluding hydrogens is 321 g/mol. The predicted molar refractivity (Wildman–Crippen MR) is 92.0 cm³/mol. The van der Waals surface area contributed by atoms with Gasteiger partial charge in [0.1, 0.15) is 5.82 Å². The van der Waals surface area contributed by atoms with Gasteiger partial charge in [-0.1, -0.05) is 30.3 Å². The Labute approximate surface area is 145 Å². The standard InChI is InChI=1S/C20H20FNO3/c1-14-13-15(7-8-17(14)21)18(23)22-11-9-20(10-12-22,19(24)25)16-5-3-2-4-6-16/h2-8,13H,9-12H2,1H3,(H,24,25). The molecule has 0 aromatic heterocycles. The van der Waals surface area contributed by atoms with Crippen molar-refractivity contribution in [2.45, 2.75) is 25.2 Å². The first-order chi connectivity index (χ1) is 11.9. The monoisotopic (exact) mass is 341 g/mol. The third kappa shape index (κ3) is 3.14. The molecule has 0 spiro atoms. The largest absolute Gasteiger partial charge is 0.481 e. The lowest BCUT2D eigenvalue weighted by Gasteiger charge is -2.39. The van der Waals surface area contributed by atoms with Gasteiger partial charge >= 0.3 is 5.97 Å². The minimum atomic E-state index is -0.962. The minimum Gasteiger partial charge on any atom is -0.481 e. The molecule has 25 heavy (non-hydrogen) atoms. The number of carboxylic acids is 1. The summed E-state index contributed by atoms with van der Waals surface area (Å²) in [6, 6.07) is 13.5. The number of hydrogen-bond acceptors (Lipinski definition) is 2. The van der Waals surface area contributed by atoms with E-state index in [1.807, 2.05) is 30.3 Å². The number of aryl methyl sites for hydroxylation is 1. The maximum Gasteiger partial charge on any atom is 0.314 e. The zero-order valence-corrected chi connectivity index (χ0v) is 14.0. The van der Waals surface area contributed by atoms with Gasteiger partial charge in [-0.15, -0.1) is 0 Å². The molecule has 1 heterocycles. The molecule has 0 aliphatic carbocycles. The highest BCUT2D eigenvalue weighted by atomic mass is 19.1. The summed E-state index contributed by atoms with van der Waals surface area (Å²) in [5, 5.41) is 9.81. The van der Waals surface area contributed by atoms with Crippen LogP contribution in [0.15, 0.2) is 48.5 Å². The van der Waals surface area contributed by atoms with Gasteiger partial charge in [0.05, 0.1) is 5.41 Å². The number of carbonyl (C=O) groups is 2. The zero-order chi connectivity index (χ0) is 18.0. The number of amides is 1. The van der Waals surface area contributed by atoms with Crippen molar-refractivity contribution >= 4 is 11.9 Å². The lowest BCUT2D eigenvalue weighted by Crippen LogP contribution is -2.49. The number of aliphatic carboxylic acids is 1. The van der Waals surface area contributed by atoms with Crippen molar-refractivity contribution in [3.05, 3.63) is 71.0 Å². The van der Waals surface area contributed by atoms with Gasteiger partial charge in [0.2, 0.25) is 0 Å². The van der Waals surface area contributed by atoms with Crippen LogP contribution < -0.4 is 0 Å². The highest BCUT2D eigenvalue weighted by Crippen LogP contribution is 2.36. The molecule has 0 radical (unpaired) electrons. The van der Waals surface area contributed by atoms with Gasteiger partial charge in [-0.25, -0.2) is 4.39 Å². The smallest absolute Gasteiger partial charge is 0.314 e. The van der Waals surface area contributed by atoms with E-state index in [1.54, 1.807) is 11.8 Å². The molecule has 4 nitrogen and oxygen atoms in total. The van der Waals surface area contributed by atoms with Gasteiger partial charge in [0, 0.05) is 18.7 Å². The van der Waals surface area contributed by atoms with Crippen LogP contribution in [0.3, 0.4) is 0 Å². The molecule has 5 heteroatoms. The first-order valence-corrected chi connectivity index (χ1v) is 8.28. The highest BCUT2D eigenvalue weighted by Gasteiger charge is 2.43. The molecule has 0 bridgehead atoms. The van der Waals surface area contributed by atoms with Crippen LogP contribution in [-0.2, 0) is 10.2 Å². The quantitative estimate of drug-likeness (QED) is 0.931. The number of benzene rings is 2. The third-order valence-corrected chi connectivity index (χ3v) is 5.04. The average Bonchev–Trinajstić information content (AvgIpc) is 2.64. The maximum absolute atomic E-state index is 13.4. The van der Waals surface area contributed by atoms with E-state index in [4.69, 9.17) is 0 Å². The van der Waals surface area contributed by atoms with Gasteiger partial charge in [-0.2, -0.15) is 0 Å². The molecule has 0 saturated carbocycles. The number of nitrogens with zero attached hydrogens (tertiary/aromatic N) is 1. The molecular formula is C20H20FNO3. The molecule has 1 fully saturated rings. The van der Waals surface area contributed by atoms with Gasteiger partial charge in [0.15, 0.2) is 0 Å². The van der Waals surface area contributed by atoms with E-state index >= 15 is 0 Å². The Balaban J connectivity index is 1.79. The number of likely N-dealkylation sites (tertiary alicyclic amines) is 1. The molecule has 0 unspecified atom stereocenters. The van der Waals surface area contributed by atoms with E-state index in [-0.39, 0.29) is 11.7 Å². The number of hydrogen-bond donors (Lipinski definition) is 1. The number of carbonyl (C=O) groups excluding carboxylic acids is 1. The van der Waals surface area contributed by atoms with E-state index in [0.29, 0.717) is 37.1 Å². The molecule has 1 N–H and O–H groups in total. The summed E-state index contributed by atoms with van der Waals surface area (Å²) < 4.78 is 13.4. The van der Waals surface area contributed by atoms with Crippen LogP contribution in [0.2, 0.25) is 0 Å². The fourth-order valence-electron chi connectivity index (χ4n) is 3.44. The van der Waals surface area contributed by atoms with Crippen molar-refractivity contribution in [1.82, 2.24) is 4.90 Å². The number of carboxylic acid groups (broad SMARTS) is 1. The van der Waals surface area contributed by atoms with Crippen LogP contribution in [0.4, 0.5) is 4.39 Å². The van der Waals surface area contributed by atoms with E-state index in [0.717, 1.165) is 5.56 Å². The predicted octanol–water partition coefficient (Wildman–Crippen LogP) is 3.39. The molecule has 1 saturated heterocycles. The fourth-order valence-corrected chi connectivity index (χ4v) is 3.44. The van der Waals surface area contributed by atoms with Crippen LogP contribution in [0.1, 0.15) is 34.3 Å². The van der Waals surface area contributed by atoms with E-state index < -0.39 is 11.4 Å². The van der Waals surface area contributed by atoms with Gasteiger partial charge in [-0.05, 0) is 49.1 Å². The van der Waals surface area contributed by atoms with Gasteiger partial charge in [-0.3, -0.25) is 9.59 Å². The minimum absolute atomic E-state index is 0.185. The Morgan fingerprint density at radius 1 is 1.08 bits per heavy atom. The third-order valence-electron chi connectivity index (χ3n) is 5.04. The normalized spacial score (nSPS) is 16.5. The van der Waals surface area contributed by atoms with Crippen LogP contribution in [-0.4, -0.2) is 35.0 Å². The van der Waals surface area contributed by atoms with Crippen molar-refractivity contribution in [2.75, 3.05) is 13.1 Å². The van der Waals surface area contributed by atoms with Crippen molar-refractivity contribution in [2.24, 2.45) is 0 Å². The van der Waals surface area contributed by atoms with Crippen molar-refractivity contribution in [1.29, 1.82) is 0 Å². The molecule has 2 aromatic rings. The van der Waals surface area contributed by atoms with Crippen LogP contribution in [0.25, 0.3) is 0 Å². The SMILES string of the molecule is Cc1cc(C(=O)N2CCC(C(=O)O)(c3ccccc3)CC2)ccc1F. The molecule has 2 aromatic carbocycles. The van der Waals surface area contributed by atoms with Crippen LogP contribution in [0, 0.1) is 12.7 Å². The second-order valence-electron chi connectivity index (χ2n) is 6.51. The molecule has 1 aliphatic heterocycles. The first kappa shape index (κ1) is 17.1. The van der Waals surface area contributed by atoms with Crippen LogP contribution >= 0.6 is 0 Å². The van der Waals surface area contributed by atoms with Gasteiger partial charge < -0.3 is 10.0 Å². The van der Waals surface area contributed by atoms with Crippen molar-refractivity contribution in [3.63, 3.8) is 0 Å². The Bertz CT molecular complexity index is 796. The van der Waals surface area contributed by atoms with Gasteiger partial charge in [0.25, 0.3) is 5.91 Å².